The van der Waals surface area contributed by atoms with Crippen LogP contribution in [0.3, 0.4) is 0 Å². The largest absolute Gasteiger partial charge is 0.378 e. The summed E-state index contributed by atoms with van der Waals surface area (Å²) in [4.78, 5) is 27.5. The fourth-order valence-corrected chi connectivity index (χ4v) is 3.67. The Labute approximate surface area is 172 Å². The topological polar surface area (TPSA) is 52.2 Å². The van der Waals surface area contributed by atoms with E-state index in [9.17, 15) is 9.59 Å². The number of halogens is 1. The number of rotatable bonds is 3. The van der Waals surface area contributed by atoms with Crippen LogP contribution in [-0.2, 0) is 14.1 Å². The Morgan fingerprint density at radius 1 is 0.862 bits per heavy atom. The zero-order valence-electron chi connectivity index (χ0n) is 16.7. The molecule has 0 spiro atoms. The van der Waals surface area contributed by atoms with E-state index in [0.29, 0.717) is 15.9 Å². The van der Waals surface area contributed by atoms with Gasteiger partial charge in [-0.15, -0.1) is 0 Å². The highest BCUT2D eigenvalue weighted by atomic mass is 35.5. The quantitative estimate of drug-likeness (QED) is 0.522. The molecule has 0 saturated carbocycles. The van der Waals surface area contributed by atoms with Crippen molar-refractivity contribution in [2.75, 3.05) is 19.0 Å². The van der Waals surface area contributed by atoms with Crippen molar-refractivity contribution in [1.82, 2.24) is 13.7 Å². The highest BCUT2D eigenvalue weighted by Gasteiger charge is 2.20. The SMILES string of the molecule is CN(C)c1ccc(-n2cc3c(c2-c2ccc(Cl)cc2)c(=O)n(C)c(=O)n3C)cc1. The number of aryl methyl sites for hydroxylation is 1. The third-order valence-electron chi connectivity index (χ3n) is 5.20. The molecule has 0 unspecified atom stereocenters. The molecular formula is C22H21ClN4O2. The second kappa shape index (κ2) is 6.97. The van der Waals surface area contributed by atoms with Crippen LogP contribution >= 0.6 is 11.6 Å². The molecule has 0 saturated heterocycles. The van der Waals surface area contributed by atoms with Crippen LogP contribution in [0.4, 0.5) is 5.69 Å². The molecule has 0 N–H and O–H groups in total. The van der Waals surface area contributed by atoms with E-state index in [2.05, 4.69) is 0 Å². The van der Waals surface area contributed by atoms with Crippen LogP contribution in [0.15, 0.2) is 64.3 Å². The lowest BCUT2D eigenvalue weighted by molar-refractivity contribution is 0.714. The van der Waals surface area contributed by atoms with E-state index < -0.39 is 0 Å². The molecule has 0 aliphatic heterocycles. The maximum atomic E-state index is 13.1. The van der Waals surface area contributed by atoms with Gasteiger partial charge in [-0.3, -0.25) is 13.9 Å². The number of hydrogen-bond acceptors (Lipinski definition) is 3. The molecule has 148 valence electrons. The van der Waals surface area contributed by atoms with Gasteiger partial charge in [0.2, 0.25) is 0 Å². The van der Waals surface area contributed by atoms with E-state index in [0.717, 1.165) is 27.2 Å². The minimum atomic E-state index is -0.356. The van der Waals surface area contributed by atoms with Gasteiger partial charge < -0.3 is 9.47 Å². The fraction of sp³-hybridized carbons (Fsp3) is 0.182. The monoisotopic (exact) mass is 408 g/mol. The van der Waals surface area contributed by atoms with E-state index in [4.69, 9.17) is 11.6 Å². The first-order valence-electron chi connectivity index (χ1n) is 9.14. The number of anilines is 1. The molecule has 0 atom stereocenters. The van der Waals surface area contributed by atoms with Crippen LogP contribution in [-0.4, -0.2) is 27.8 Å². The Balaban J connectivity index is 2.11. The summed E-state index contributed by atoms with van der Waals surface area (Å²) >= 11 is 6.07. The molecule has 0 fully saturated rings. The zero-order valence-corrected chi connectivity index (χ0v) is 17.4. The van der Waals surface area contributed by atoms with Crippen LogP contribution in [0, 0.1) is 0 Å². The minimum Gasteiger partial charge on any atom is -0.378 e. The van der Waals surface area contributed by atoms with Crippen LogP contribution in [0.1, 0.15) is 0 Å². The van der Waals surface area contributed by atoms with Gasteiger partial charge in [0.15, 0.2) is 0 Å². The Morgan fingerprint density at radius 3 is 2.07 bits per heavy atom. The fourth-order valence-electron chi connectivity index (χ4n) is 3.55. The molecule has 0 aliphatic carbocycles. The van der Waals surface area contributed by atoms with E-state index >= 15 is 0 Å². The number of benzene rings is 2. The summed E-state index contributed by atoms with van der Waals surface area (Å²) in [5.41, 5.74) is 3.44. The molecule has 2 aromatic carbocycles. The Morgan fingerprint density at radius 2 is 1.48 bits per heavy atom. The molecule has 4 aromatic rings. The summed E-state index contributed by atoms with van der Waals surface area (Å²) in [6.07, 6.45) is 1.84. The second-order valence-electron chi connectivity index (χ2n) is 7.23. The summed E-state index contributed by atoms with van der Waals surface area (Å²) < 4.78 is 4.59. The van der Waals surface area contributed by atoms with Crippen molar-refractivity contribution in [2.45, 2.75) is 0 Å². The summed E-state index contributed by atoms with van der Waals surface area (Å²) in [6, 6.07) is 15.4. The van der Waals surface area contributed by atoms with Gasteiger partial charge in [0.25, 0.3) is 5.56 Å². The highest BCUT2D eigenvalue weighted by Crippen LogP contribution is 2.32. The summed E-state index contributed by atoms with van der Waals surface area (Å²) in [6.45, 7) is 0. The number of hydrogen-bond donors (Lipinski definition) is 0. The van der Waals surface area contributed by atoms with Crippen molar-refractivity contribution in [3.05, 3.63) is 80.6 Å². The standard InChI is InChI=1S/C22H21ClN4O2/c1-24(2)16-9-11-17(12-10-16)27-13-18-19(21(28)26(4)22(29)25(18)3)20(27)14-5-7-15(23)8-6-14/h5-13H,1-4H3. The number of fused-ring (bicyclic) bond motifs is 1. The highest BCUT2D eigenvalue weighted by molar-refractivity contribution is 6.30. The van der Waals surface area contributed by atoms with Crippen molar-refractivity contribution in [2.24, 2.45) is 14.1 Å². The Hall–Kier alpha value is -3.25. The second-order valence-corrected chi connectivity index (χ2v) is 7.67. The van der Waals surface area contributed by atoms with Crippen molar-refractivity contribution in [3.8, 4) is 16.9 Å². The Kier molecular flexibility index (Phi) is 4.59. The summed E-state index contributed by atoms with van der Waals surface area (Å²) in [5.74, 6) is 0. The average Bonchev–Trinajstić information content (AvgIpc) is 3.12. The smallest absolute Gasteiger partial charge is 0.330 e. The first-order chi connectivity index (χ1) is 13.8. The lowest BCUT2D eigenvalue weighted by Gasteiger charge is -2.14. The summed E-state index contributed by atoms with van der Waals surface area (Å²) in [5, 5.41) is 1.11. The first kappa shape index (κ1) is 19.1. The molecule has 0 amide bonds. The predicted octanol–water partition coefficient (Wildman–Crippen LogP) is 3.41. The lowest BCUT2D eigenvalue weighted by atomic mass is 10.1. The van der Waals surface area contributed by atoms with Crippen LogP contribution in [0.2, 0.25) is 5.02 Å². The van der Waals surface area contributed by atoms with E-state index in [-0.39, 0.29) is 11.2 Å². The molecule has 4 rings (SSSR count). The average molecular weight is 409 g/mol. The van der Waals surface area contributed by atoms with Gasteiger partial charge >= 0.3 is 5.69 Å². The molecule has 29 heavy (non-hydrogen) atoms. The maximum absolute atomic E-state index is 13.1. The minimum absolute atomic E-state index is 0.322. The molecule has 7 heteroatoms. The van der Waals surface area contributed by atoms with Gasteiger partial charge in [-0.25, -0.2) is 4.79 Å². The maximum Gasteiger partial charge on any atom is 0.330 e. The van der Waals surface area contributed by atoms with Crippen molar-refractivity contribution >= 4 is 28.2 Å². The predicted molar refractivity (Wildman–Crippen MR) is 119 cm³/mol. The first-order valence-corrected chi connectivity index (χ1v) is 9.52. The molecule has 2 aromatic heterocycles. The normalized spacial score (nSPS) is 11.2. The van der Waals surface area contributed by atoms with Crippen molar-refractivity contribution in [3.63, 3.8) is 0 Å². The molecule has 0 radical (unpaired) electrons. The van der Waals surface area contributed by atoms with Crippen LogP contribution in [0.25, 0.3) is 27.8 Å². The van der Waals surface area contributed by atoms with Crippen LogP contribution in [0.5, 0.6) is 0 Å². The third-order valence-corrected chi connectivity index (χ3v) is 5.45. The summed E-state index contributed by atoms with van der Waals surface area (Å²) in [7, 11) is 7.14. The number of nitrogens with zero attached hydrogens (tertiary/aromatic N) is 4. The van der Waals surface area contributed by atoms with Crippen molar-refractivity contribution in [1.29, 1.82) is 0 Å². The van der Waals surface area contributed by atoms with Crippen molar-refractivity contribution < 1.29 is 0 Å². The molecule has 0 bridgehead atoms. The molecule has 6 nitrogen and oxygen atoms in total. The van der Waals surface area contributed by atoms with Gasteiger partial charge in [0, 0.05) is 50.8 Å². The van der Waals surface area contributed by atoms with Gasteiger partial charge in [-0.2, -0.15) is 0 Å². The molecule has 0 aliphatic rings. The third kappa shape index (κ3) is 3.06. The van der Waals surface area contributed by atoms with Gasteiger partial charge in [0.1, 0.15) is 0 Å². The van der Waals surface area contributed by atoms with Gasteiger partial charge in [0.05, 0.1) is 16.6 Å². The molecule has 2 heterocycles. The zero-order chi connectivity index (χ0) is 20.9. The number of aromatic nitrogens is 3. The van der Waals surface area contributed by atoms with Gasteiger partial charge in [-0.05, 0) is 42.0 Å². The van der Waals surface area contributed by atoms with E-state index in [1.54, 1.807) is 19.2 Å². The van der Waals surface area contributed by atoms with Gasteiger partial charge in [-0.1, -0.05) is 23.7 Å². The molecular weight excluding hydrogens is 388 g/mol. The van der Waals surface area contributed by atoms with Crippen LogP contribution < -0.4 is 16.1 Å². The van der Waals surface area contributed by atoms with E-state index in [1.807, 2.05) is 66.2 Å². The Bertz CT molecular complexity index is 1330. The van der Waals surface area contributed by atoms with E-state index in [1.165, 1.54) is 11.6 Å². The lowest BCUT2D eigenvalue weighted by Crippen LogP contribution is -2.36.